The zero-order valence-electron chi connectivity index (χ0n) is 20.8. The van der Waals surface area contributed by atoms with Crippen LogP contribution in [0.3, 0.4) is 0 Å². The monoisotopic (exact) mass is 479 g/mol. The Morgan fingerprint density at radius 1 is 0.972 bits per heavy atom. The van der Waals surface area contributed by atoms with E-state index in [9.17, 15) is 0 Å². The van der Waals surface area contributed by atoms with Crippen LogP contribution in [0.25, 0.3) is 16.9 Å². The van der Waals surface area contributed by atoms with E-state index in [0.29, 0.717) is 24.0 Å². The van der Waals surface area contributed by atoms with Gasteiger partial charge >= 0.3 is 0 Å². The number of rotatable bonds is 6. The van der Waals surface area contributed by atoms with Crippen LogP contribution in [0.2, 0.25) is 0 Å². The highest BCUT2D eigenvalue weighted by Gasteiger charge is 2.32. The normalized spacial score (nSPS) is 11.7. The quantitative estimate of drug-likeness (QED) is 0.374. The summed E-state index contributed by atoms with van der Waals surface area (Å²) in [5.41, 5.74) is 18.0. The summed E-state index contributed by atoms with van der Waals surface area (Å²) in [7, 11) is 1.91. The second kappa shape index (κ2) is 9.01. The average Bonchev–Trinajstić information content (AvgIpc) is 3.36. The molecule has 3 aromatic heterocycles. The number of nitrogens with zero attached hydrogens (tertiary/aromatic N) is 7. The van der Waals surface area contributed by atoms with Gasteiger partial charge in [0, 0.05) is 41.9 Å². The van der Waals surface area contributed by atoms with Crippen molar-refractivity contribution in [1.82, 2.24) is 29.5 Å². The minimum atomic E-state index is -0.453. The van der Waals surface area contributed by atoms with E-state index in [1.54, 1.807) is 4.52 Å². The van der Waals surface area contributed by atoms with E-state index in [4.69, 9.17) is 21.4 Å². The van der Waals surface area contributed by atoms with Gasteiger partial charge in [0.25, 0.3) is 0 Å². The Morgan fingerprint density at radius 2 is 1.75 bits per heavy atom. The molecule has 182 valence electrons. The lowest BCUT2D eigenvalue weighted by molar-refractivity contribution is 0.625. The lowest BCUT2D eigenvalue weighted by atomic mass is 9.76. The molecule has 4 N–H and O–H groups in total. The first kappa shape index (κ1) is 23.4. The Labute approximate surface area is 209 Å². The summed E-state index contributed by atoms with van der Waals surface area (Å²) in [6.07, 6.45) is 1.52. The van der Waals surface area contributed by atoms with Gasteiger partial charge < -0.3 is 11.5 Å². The van der Waals surface area contributed by atoms with Crippen LogP contribution in [0.4, 0.5) is 17.7 Å². The molecule has 0 atom stereocenters. The van der Waals surface area contributed by atoms with Gasteiger partial charge in [-0.05, 0) is 18.1 Å². The van der Waals surface area contributed by atoms with Crippen molar-refractivity contribution in [2.45, 2.75) is 32.7 Å². The standard InChI is InChI=1S/C27H29N9/c1-17-23(27(2,3)20-12-8-9-18(13-20)15-28)24(34-25(29)32-17)35(4)26-33-21(19-10-6-5-7-11-19)14-22-30-16-31-36(22)26/h5-14,16H,15,28H2,1-4H3,(H2,29,32,34). The molecule has 9 nitrogen and oxygen atoms in total. The van der Waals surface area contributed by atoms with Crippen molar-refractivity contribution in [3.05, 3.63) is 89.4 Å². The van der Waals surface area contributed by atoms with Crippen LogP contribution >= 0.6 is 0 Å². The second-order valence-electron chi connectivity index (χ2n) is 9.29. The van der Waals surface area contributed by atoms with Crippen LogP contribution in [-0.2, 0) is 12.0 Å². The number of fused-ring (bicyclic) bond motifs is 1. The van der Waals surface area contributed by atoms with Crippen molar-refractivity contribution in [3.63, 3.8) is 0 Å². The third-order valence-corrected chi connectivity index (χ3v) is 6.53. The highest BCUT2D eigenvalue weighted by Crippen LogP contribution is 2.40. The maximum atomic E-state index is 6.16. The first-order chi connectivity index (χ1) is 17.3. The molecule has 3 heterocycles. The van der Waals surface area contributed by atoms with E-state index < -0.39 is 5.41 Å². The molecule has 0 saturated heterocycles. The SMILES string of the molecule is Cc1nc(N)nc(N(C)c2nc(-c3ccccc3)cc3ncnn23)c1C(C)(C)c1cccc(CN)c1. The topological polar surface area (TPSA) is 124 Å². The molecule has 36 heavy (non-hydrogen) atoms. The molecule has 0 aliphatic carbocycles. The van der Waals surface area contributed by atoms with Crippen molar-refractivity contribution in [2.75, 3.05) is 17.7 Å². The van der Waals surface area contributed by atoms with Gasteiger partial charge in [-0.25, -0.2) is 15.0 Å². The van der Waals surface area contributed by atoms with E-state index in [0.717, 1.165) is 33.6 Å². The summed E-state index contributed by atoms with van der Waals surface area (Å²) < 4.78 is 1.70. The van der Waals surface area contributed by atoms with Crippen LogP contribution in [0.15, 0.2) is 67.0 Å². The zero-order chi connectivity index (χ0) is 25.4. The van der Waals surface area contributed by atoms with Crippen LogP contribution < -0.4 is 16.4 Å². The highest BCUT2D eigenvalue weighted by molar-refractivity contribution is 5.69. The van der Waals surface area contributed by atoms with Crippen LogP contribution in [-0.4, -0.2) is 36.6 Å². The summed E-state index contributed by atoms with van der Waals surface area (Å²) in [5, 5.41) is 4.43. The third-order valence-electron chi connectivity index (χ3n) is 6.53. The molecule has 0 aliphatic rings. The molecular weight excluding hydrogens is 450 g/mol. The van der Waals surface area contributed by atoms with Crippen molar-refractivity contribution in [2.24, 2.45) is 5.73 Å². The van der Waals surface area contributed by atoms with Crippen LogP contribution in [0.1, 0.15) is 36.2 Å². The Balaban J connectivity index is 1.71. The van der Waals surface area contributed by atoms with E-state index in [1.165, 1.54) is 6.33 Å². The number of aromatic nitrogens is 6. The van der Waals surface area contributed by atoms with E-state index in [-0.39, 0.29) is 5.95 Å². The molecule has 0 unspecified atom stereocenters. The number of hydrogen-bond donors (Lipinski definition) is 2. The van der Waals surface area contributed by atoms with E-state index in [2.05, 4.69) is 41.0 Å². The van der Waals surface area contributed by atoms with Crippen LogP contribution in [0, 0.1) is 6.92 Å². The van der Waals surface area contributed by atoms with Gasteiger partial charge in [0.2, 0.25) is 11.9 Å². The molecule has 0 aliphatic heterocycles. The Kier molecular flexibility index (Phi) is 5.85. The van der Waals surface area contributed by atoms with Crippen molar-refractivity contribution in [3.8, 4) is 11.3 Å². The van der Waals surface area contributed by atoms with Gasteiger partial charge in [0.1, 0.15) is 12.1 Å². The predicted octanol–water partition coefficient (Wildman–Crippen LogP) is 4.02. The maximum Gasteiger partial charge on any atom is 0.234 e. The summed E-state index contributed by atoms with van der Waals surface area (Å²) in [5.74, 6) is 1.41. The van der Waals surface area contributed by atoms with Gasteiger partial charge in [-0.3, -0.25) is 4.90 Å². The largest absolute Gasteiger partial charge is 0.368 e. The summed E-state index contributed by atoms with van der Waals surface area (Å²) in [6.45, 7) is 6.73. The molecule has 9 heteroatoms. The molecule has 0 radical (unpaired) electrons. The smallest absolute Gasteiger partial charge is 0.234 e. The molecular formula is C27H29N9. The summed E-state index contributed by atoms with van der Waals surface area (Å²) >= 11 is 0. The molecule has 2 aromatic carbocycles. The minimum Gasteiger partial charge on any atom is -0.368 e. The number of anilines is 3. The third kappa shape index (κ3) is 4.03. The molecule has 5 aromatic rings. The number of benzene rings is 2. The number of aryl methyl sites for hydroxylation is 1. The second-order valence-corrected chi connectivity index (χ2v) is 9.29. The molecule has 0 bridgehead atoms. The molecule has 0 fully saturated rings. The fraction of sp³-hybridized carbons (Fsp3) is 0.222. The summed E-state index contributed by atoms with van der Waals surface area (Å²) in [6, 6.07) is 20.2. The lowest BCUT2D eigenvalue weighted by Gasteiger charge is -2.32. The molecule has 0 saturated carbocycles. The number of nitrogens with two attached hydrogens (primary N) is 2. The Bertz CT molecular complexity index is 1540. The van der Waals surface area contributed by atoms with E-state index in [1.807, 2.05) is 67.4 Å². The Hall–Kier alpha value is -4.37. The minimum absolute atomic E-state index is 0.193. The van der Waals surface area contributed by atoms with Gasteiger partial charge in [-0.15, -0.1) is 0 Å². The molecule has 0 spiro atoms. The lowest BCUT2D eigenvalue weighted by Crippen LogP contribution is -2.28. The van der Waals surface area contributed by atoms with Gasteiger partial charge in [-0.2, -0.15) is 14.6 Å². The number of hydrogen-bond acceptors (Lipinski definition) is 8. The average molecular weight is 480 g/mol. The van der Waals surface area contributed by atoms with Gasteiger partial charge in [-0.1, -0.05) is 68.4 Å². The van der Waals surface area contributed by atoms with Crippen LogP contribution in [0.5, 0.6) is 0 Å². The first-order valence-corrected chi connectivity index (χ1v) is 11.7. The highest BCUT2D eigenvalue weighted by atomic mass is 15.4. The zero-order valence-corrected chi connectivity index (χ0v) is 20.8. The summed E-state index contributed by atoms with van der Waals surface area (Å²) in [4.78, 5) is 20.5. The van der Waals surface area contributed by atoms with Crippen molar-refractivity contribution < 1.29 is 0 Å². The first-order valence-electron chi connectivity index (χ1n) is 11.7. The van der Waals surface area contributed by atoms with E-state index >= 15 is 0 Å². The predicted molar refractivity (Wildman–Crippen MR) is 142 cm³/mol. The maximum absolute atomic E-state index is 6.16. The van der Waals surface area contributed by atoms with Crippen molar-refractivity contribution in [1.29, 1.82) is 0 Å². The number of nitrogen functional groups attached to an aromatic ring is 1. The van der Waals surface area contributed by atoms with Crippen molar-refractivity contribution >= 4 is 23.4 Å². The molecule has 5 rings (SSSR count). The fourth-order valence-corrected chi connectivity index (χ4v) is 4.67. The van der Waals surface area contributed by atoms with Gasteiger partial charge in [0.15, 0.2) is 5.65 Å². The van der Waals surface area contributed by atoms with Gasteiger partial charge in [0.05, 0.1) is 5.69 Å². The Morgan fingerprint density at radius 3 is 2.50 bits per heavy atom. The fourth-order valence-electron chi connectivity index (χ4n) is 4.67. The molecule has 0 amide bonds.